The summed E-state index contributed by atoms with van der Waals surface area (Å²) in [6.07, 6.45) is 2.42. The van der Waals surface area contributed by atoms with Crippen LogP contribution in [0.4, 0.5) is 0 Å². The highest BCUT2D eigenvalue weighted by atomic mass is 16.5. The summed E-state index contributed by atoms with van der Waals surface area (Å²) in [6, 6.07) is 0.423. The molecule has 2 N–H and O–H groups in total. The fourth-order valence-electron chi connectivity index (χ4n) is 2.12. The number of nitrogens with zero attached hydrogens (tertiary/aromatic N) is 1. The highest BCUT2D eigenvalue weighted by Gasteiger charge is 2.24. The molecule has 0 aliphatic carbocycles. The minimum absolute atomic E-state index is 0.423. The van der Waals surface area contributed by atoms with E-state index in [1.807, 2.05) is 0 Å². The van der Waals surface area contributed by atoms with Crippen LogP contribution in [-0.4, -0.2) is 43.8 Å². The van der Waals surface area contributed by atoms with E-state index in [4.69, 9.17) is 10.5 Å². The second kappa shape index (κ2) is 3.73. The van der Waals surface area contributed by atoms with Crippen molar-refractivity contribution in [2.45, 2.75) is 18.9 Å². The lowest BCUT2D eigenvalue weighted by Crippen LogP contribution is -2.30. The second-order valence-electron chi connectivity index (χ2n) is 4.04. The molecule has 2 saturated heterocycles. The van der Waals surface area contributed by atoms with Crippen molar-refractivity contribution in [3.63, 3.8) is 0 Å². The fourth-order valence-corrected chi connectivity index (χ4v) is 2.12. The average molecular weight is 170 g/mol. The largest absolute Gasteiger partial charge is 0.381 e. The Bertz CT molecular complexity index is 145. The third-order valence-corrected chi connectivity index (χ3v) is 2.85. The maximum Gasteiger partial charge on any atom is 0.0507 e. The first kappa shape index (κ1) is 8.48. The Morgan fingerprint density at radius 2 is 2.33 bits per heavy atom. The topological polar surface area (TPSA) is 38.5 Å². The molecular formula is C9H18N2O. The van der Waals surface area contributed by atoms with Gasteiger partial charge in [-0.3, -0.25) is 0 Å². The van der Waals surface area contributed by atoms with E-state index in [0.717, 1.165) is 25.7 Å². The van der Waals surface area contributed by atoms with Gasteiger partial charge in [-0.2, -0.15) is 0 Å². The maximum absolute atomic E-state index is 5.83. The van der Waals surface area contributed by atoms with Crippen molar-refractivity contribution in [3.8, 4) is 0 Å². The number of hydrogen-bond acceptors (Lipinski definition) is 3. The van der Waals surface area contributed by atoms with Crippen molar-refractivity contribution in [2.24, 2.45) is 11.7 Å². The molecule has 0 bridgehead atoms. The van der Waals surface area contributed by atoms with Gasteiger partial charge in [-0.1, -0.05) is 0 Å². The minimum atomic E-state index is 0.423. The molecule has 3 nitrogen and oxygen atoms in total. The van der Waals surface area contributed by atoms with E-state index in [9.17, 15) is 0 Å². The van der Waals surface area contributed by atoms with E-state index in [1.165, 1.54) is 25.9 Å². The third kappa shape index (κ3) is 1.97. The van der Waals surface area contributed by atoms with Crippen LogP contribution in [0, 0.1) is 5.92 Å². The lowest BCUT2D eigenvalue weighted by atomic mass is 10.1. The van der Waals surface area contributed by atoms with Gasteiger partial charge in [0.25, 0.3) is 0 Å². The van der Waals surface area contributed by atoms with Crippen molar-refractivity contribution in [1.82, 2.24) is 4.90 Å². The molecule has 70 valence electrons. The molecule has 1 unspecified atom stereocenters. The summed E-state index contributed by atoms with van der Waals surface area (Å²) in [6.45, 7) is 5.41. The number of hydrogen-bond donors (Lipinski definition) is 1. The standard InChI is InChI=1S/C9H18N2O/c10-9-1-3-11(6-9)5-8-2-4-12-7-8/h8-9H,1-7,10H2/t8?,9-/m0/s1. The molecule has 3 heteroatoms. The SMILES string of the molecule is N[C@H]1CCN(CC2CCOC2)C1. The predicted octanol–water partition coefficient (Wildman–Crippen LogP) is 0.0559. The van der Waals surface area contributed by atoms with Crippen LogP contribution in [0.5, 0.6) is 0 Å². The molecular weight excluding hydrogens is 152 g/mol. The monoisotopic (exact) mass is 170 g/mol. The van der Waals surface area contributed by atoms with Crippen LogP contribution in [-0.2, 0) is 4.74 Å². The van der Waals surface area contributed by atoms with Gasteiger partial charge in [-0.15, -0.1) is 0 Å². The molecule has 12 heavy (non-hydrogen) atoms. The fraction of sp³-hybridized carbons (Fsp3) is 1.00. The van der Waals surface area contributed by atoms with Crippen LogP contribution in [0.25, 0.3) is 0 Å². The van der Waals surface area contributed by atoms with Gasteiger partial charge >= 0.3 is 0 Å². The van der Waals surface area contributed by atoms with E-state index in [0.29, 0.717) is 6.04 Å². The van der Waals surface area contributed by atoms with Crippen LogP contribution in [0.3, 0.4) is 0 Å². The first-order chi connectivity index (χ1) is 5.84. The van der Waals surface area contributed by atoms with E-state index in [2.05, 4.69) is 4.90 Å². The average Bonchev–Trinajstić information content (AvgIpc) is 2.63. The van der Waals surface area contributed by atoms with Crippen molar-refractivity contribution in [1.29, 1.82) is 0 Å². The van der Waals surface area contributed by atoms with Gasteiger partial charge in [-0.05, 0) is 25.3 Å². The quantitative estimate of drug-likeness (QED) is 0.636. The molecule has 2 aliphatic heterocycles. The number of nitrogens with two attached hydrogens (primary N) is 1. The molecule has 0 aromatic carbocycles. The lowest BCUT2D eigenvalue weighted by Gasteiger charge is -2.18. The van der Waals surface area contributed by atoms with Gasteiger partial charge in [-0.25, -0.2) is 0 Å². The summed E-state index contributed by atoms with van der Waals surface area (Å²) < 4.78 is 5.34. The zero-order chi connectivity index (χ0) is 8.39. The first-order valence-corrected chi connectivity index (χ1v) is 4.90. The first-order valence-electron chi connectivity index (χ1n) is 4.90. The van der Waals surface area contributed by atoms with E-state index in [-0.39, 0.29) is 0 Å². The Labute approximate surface area is 73.9 Å². The van der Waals surface area contributed by atoms with E-state index in [1.54, 1.807) is 0 Å². The molecule has 2 atom stereocenters. The van der Waals surface area contributed by atoms with Gasteiger partial charge in [0.1, 0.15) is 0 Å². The van der Waals surface area contributed by atoms with Gasteiger partial charge in [0, 0.05) is 25.7 Å². The Kier molecular flexibility index (Phi) is 2.63. The van der Waals surface area contributed by atoms with Gasteiger partial charge < -0.3 is 15.4 Å². The summed E-state index contributed by atoms with van der Waals surface area (Å²) in [7, 11) is 0. The van der Waals surface area contributed by atoms with Gasteiger partial charge in [0.05, 0.1) is 6.61 Å². The Hall–Kier alpha value is -0.120. The van der Waals surface area contributed by atoms with Crippen molar-refractivity contribution in [3.05, 3.63) is 0 Å². The zero-order valence-corrected chi connectivity index (χ0v) is 7.54. The molecule has 0 radical (unpaired) electrons. The van der Waals surface area contributed by atoms with Crippen molar-refractivity contribution in [2.75, 3.05) is 32.8 Å². The molecule has 2 rings (SSSR count). The minimum Gasteiger partial charge on any atom is -0.381 e. The molecule has 0 aromatic rings. The summed E-state index contributed by atoms with van der Waals surface area (Å²) in [4.78, 5) is 2.48. The summed E-state index contributed by atoms with van der Waals surface area (Å²) in [5.41, 5.74) is 5.83. The van der Waals surface area contributed by atoms with Crippen LogP contribution >= 0.6 is 0 Å². The van der Waals surface area contributed by atoms with Crippen LogP contribution in [0.1, 0.15) is 12.8 Å². The van der Waals surface area contributed by atoms with Gasteiger partial charge in [0.15, 0.2) is 0 Å². The summed E-state index contributed by atoms with van der Waals surface area (Å²) >= 11 is 0. The second-order valence-corrected chi connectivity index (χ2v) is 4.04. The Balaban J connectivity index is 1.72. The maximum atomic E-state index is 5.83. The van der Waals surface area contributed by atoms with Crippen molar-refractivity contribution < 1.29 is 4.74 Å². The third-order valence-electron chi connectivity index (χ3n) is 2.85. The number of likely N-dealkylation sites (tertiary alicyclic amines) is 1. The summed E-state index contributed by atoms with van der Waals surface area (Å²) in [5.74, 6) is 0.773. The van der Waals surface area contributed by atoms with E-state index >= 15 is 0 Å². The molecule has 0 saturated carbocycles. The highest BCUT2D eigenvalue weighted by molar-refractivity contribution is 4.80. The number of ether oxygens (including phenoxy) is 1. The molecule has 0 aromatic heterocycles. The van der Waals surface area contributed by atoms with Crippen molar-refractivity contribution >= 4 is 0 Å². The van der Waals surface area contributed by atoms with Gasteiger partial charge in [0.2, 0.25) is 0 Å². The normalized spacial score (nSPS) is 37.8. The van der Waals surface area contributed by atoms with Crippen LogP contribution in [0.15, 0.2) is 0 Å². The number of rotatable bonds is 2. The highest BCUT2D eigenvalue weighted by Crippen LogP contribution is 2.16. The molecule has 2 aliphatic rings. The zero-order valence-electron chi connectivity index (χ0n) is 7.54. The Morgan fingerprint density at radius 1 is 1.42 bits per heavy atom. The predicted molar refractivity (Wildman–Crippen MR) is 48.0 cm³/mol. The van der Waals surface area contributed by atoms with Crippen LogP contribution < -0.4 is 5.73 Å². The smallest absolute Gasteiger partial charge is 0.0507 e. The summed E-state index contributed by atoms with van der Waals surface area (Å²) in [5, 5.41) is 0. The van der Waals surface area contributed by atoms with Crippen LogP contribution in [0.2, 0.25) is 0 Å². The lowest BCUT2D eigenvalue weighted by molar-refractivity contribution is 0.173. The molecule has 0 amide bonds. The molecule has 2 heterocycles. The Morgan fingerprint density at radius 3 is 2.92 bits per heavy atom. The molecule has 0 spiro atoms. The van der Waals surface area contributed by atoms with E-state index < -0.39 is 0 Å². The molecule has 2 fully saturated rings.